The average molecular weight is 440 g/mol. The van der Waals surface area contributed by atoms with E-state index in [0.717, 1.165) is 45.0 Å². The maximum atomic E-state index is 12.0. The quantitative estimate of drug-likeness (QED) is 0.275. The van der Waals surface area contributed by atoms with Gasteiger partial charge in [-0.3, -0.25) is 9.79 Å². The molecule has 1 atom stereocenters. The van der Waals surface area contributed by atoms with E-state index in [1.807, 2.05) is 32.6 Å². The van der Waals surface area contributed by atoms with Crippen LogP contribution in [0, 0.1) is 5.92 Å². The fourth-order valence-electron chi connectivity index (χ4n) is 2.43. The number of rotatable bonds is 7. The van der Waals surface area contributed by atoms with Gasteiger partial charge in [0.25, 0.3) is 0 Å². The third-order valence-electron chi connectivity index (χ3n) is 3.62. The van der Waals surface area contributed by atoms with Gasteiger partial charge in [0.2, 0.25) is 5.91 Å². The van der Waals surface area contributed by atoms with Gasteiger partial charge >= 0.3 is 0 Å². The number of nitrogens with zero attached hydrogens (tertiary/aromatic N) is 2. The summed E-state index contributed by atoms with van der Waals surface area (Å²) in [6, 6.07) is 0.279. The van der Waals surface area contributed by atoms with Crippen LogP contribution in [0.25, 0.3) is 0 Å². The van der Waals surface area contributed by atoms with E-state index in [1.54, 1.807) is 7.05 Å². The van der Waals surface area contributed by atoms with Crippen LogP contribution < -0.4 is 10.6 Å². The lowest BCUT2D eigenvalue weighted by Gasteiger charge is -2.20. The molecule has 0 aliphatic carbocycles. The van der Waals surface area contributed by atoms with Gasteiger partial charge < -0.3 is 20.3 Å². The summed E-state index contributed by atoms with van der Waals surface area (Å²) in [5, 5.41) is 6.69. The Morgan fingerprint density at radius 3 is 2.61 bits per heavy atom. The van der Waals surface area contributed by atoms with Crippen LogP contribution in [0.15, 0.2) is 4.99 Å². The highest BCUT2D eigenvalue weighted by Gasteiger charge is 2.27. The Kier molecular flexibility index (Phi) is 11.6. The van der Waals surface area contributed by atoms with Gasteiger partial charge in [0, 0.05) is 45.2 Å². The van der Waals surface area contributed by atoms with Gasteiger partial charge in [0.05, 0.1) is 6.10 Å². The van der Waals surface area contributed by atoms with Gasteiger partial charge in [0.1, 0.15) is 0 Å². The molecule has 1 rings (SSSR count). The van der Waals surface area contributed by atoms with Gasteiger partial charge in [-0.25, -0.2) is 0 Å². The standard InChI is InChI=1S/C16H32N4O2.HI/c1-12(2)15(21)20-9-7-14(11-20)19-16(17-5)18-8-6-10-22-13(3)4;/h12-14H,6-11H2,1-5H3,(H2,17,18,19);1H. The Morgan fingerprint density at radius 1 is 1.35 bits per heavy atom. The maximum Gasteiger partial charge on any atom is 0.225 e. The van der Waals surface area contributed by atoms with E-state index in [2.05, 4.69) is 15.6 Å². The Bertz CT molecular complexity index is 375. The zero-order valence-corrected chi connectivity index (χ0v) is 17.4. The number of amides is 1. The Morgan fingerprint density at radius 2 is 2.04 bits per heavy atom. The van der Waals surface area contributed by atoms with Crippen molar-refractivity contribution in [3.8, 4) is 0 Å². The Balaban J connectivity index is 0.00000484. The van der Waals surface area contributed by atoms with E-state index >= 15 is 0 Å². The summed E-state index contributed by atoms with van der Waals surface area (Å²) >= 11 is 0. The number of hydrogen-bond donors (Lipinski definition) is 2. The number of guanidine groups is 1. The topological polar surface area (TPSA) is 66.0 Å². The van der Waals surface area contributed by atoms with Crippen molar-refractivity contribution < 1.29 is 9.53 Å². The molecular formula is C16H33IN4O2. The fourth-order valence-corrected chi connectivity index (χ4v) is 2.43. The van der Waals surface area contributed by atoms with Crippen LogP contribution in [0.1, 0.15) is 40.5 Å². The molecule has 1 aliphatic rings. The Hall–Kier alpha value is -0.570. The molecule has 1 fully saturated rings. The second kappa shape index (κ2) is 11.9. The molecule has 1 heterocycles. The van der Waals surface area contributed by atoms with Crippen LogP contribution in [-0.2, 0) is 9.53 Å². The van der Waals surface area contributed by atoms with E-state index in [4.69, 9.17) is 4.74 Å². The highest BCUT2D eigenvalue weighted by molar-refractivity contribution is 14.0. The molecule has 0 bridgehead atoms. The predicted octanol–water partition coefficient (Wildman–Crippen LogP) is 1.84. The molecule has 0 spiro atoms. The molecule has 1 amide bonds. The molecule has 7 heteroatoms. The largest absolute Gasteiger partial charge is 0.379 e. The molecule has 0 radical (unpaired) electrons. The number of aliphatic imine (C=N–C) groups is 1. The maximum absolute atomic E-state index is 12.0. The molecule has 0 saturated carbocycles. The Labute approximate surface area is 157 Å². The zero-order valence-electron chi connectivity index (χ0n) is 15.1. The second-order valence-electron chi connectivity index (χ2n) is 6.34. The summed E-state index contributed by atoms with van der Waals surface area (Å²) in [4.78, 5) is 18.2. The number of halogens is 1. The molecule has 0 aromatic heterocycles. The highest BCUT2D eigenvalue weighted by atomic mass is 127. The van der Waals surface area contributed by atoms with E-state index < -0.39 is 0 Å². The van der Waals surface area contributed by atoms with Gasteiger partial charge in [-0.2, -0.15) is 0 Å². The normalized spacial score (nSPS) is 18.3. The molecule has 1 saturated heterocycles. The van der Waals surface area contributed by atoms with Gasteiger partial charge in [0.15, 0.2) is 5.96 Å². The van der Waals surface area contributed by atoms with Crippen molar-refractivity contribution in [2.24, 2.45) is 10.9 Å². The van der Waals surface area contributed by atoms with Crippen LogP contribution in [0.2, 0.25) is 0 Å². The summed E-state index contributed by atoms with van der Waals surface area (Å²) in [5.41, 5.74) is 0. The molecule has 1 unspecified atom stereocenters. The lowest BCUT2D eigenvalue weighted by Crippen LogP contribution is -2.45. The first-order chi connectivity index (χ1) is 10.4. The van der Waals surface area contributed by atoms with E-state index in [0.29, 0.717) is 0 Å². The first kappa shape index (κ1) is 22.4. The molecule has 1 aliphatic heterocycles. The molecule has 0 aromatic rings. The first-order valence-electron chi connectivity index (χ1n) is 8.31. The minimum absolute atomic E-state index is 0. The number of ether oxygens (including phenoxy) is 1. The number of nitrogens with one attached hydrogen (secondary N) is 2. The van der Waals surface area contributed by atoms with Gasteiger partial charge in [-0.05, 0) is 26.7 Å². The van der Waals surface area contributed by atoms with Gasteiger partial charge in [-0.15, -0.1) is 24.0 Å². The van der Waals surface area contributed by atoms with Crippen LogP contribution >= 0.6 is 24.0 Å². The second-order valence-corrected chi connectivity index (χ2v) is 6.34. The van der Waals surface area contributed by atoms with Crippen LogP contribution in [0.5, 0.6) is 0 Å². The van der Waals surface area contributed by atoms with E-state index in [1.165, 1.54) is 0 Å². The number of likely N-dealkylation sites (tertiary alicyclic amines) is 1. The minimum Gasteiger partial charge on any atom is -0.379 e. The number of carbonyl (C=O) groups excluding carboxylic acids is 1. The highest BCUT2D eigenvalue weighted by Crippen LogP contribution is 2.12. The van der Waals surface area contributed by atoms with Crippen LogP contribution in [-0.4, -0.2) is 62.2 Å². The van der Waals surface area contributed by atoms with Crippen LogP contribution in [0.3, 0.4) is 0 Å². The molecule has 23 heavy (non-hydrogen) atoms. The smallest absolute Gasteiger partial charge is 0.225 e. The number of hydrogen-bond acceptors (Lipinski definition) is 3. The summed E-state index contributed by atoms with van der Waals surface area (Å²) in [5.74, 6) is 1.10. The summed E-state index contributed by atoms with van der Waals surface area (Å²) in [6.45, 7) is 11.1. The summed E-state index contributed by atoms with van der Waals surface area (Å²) in [7, 11) is 1.77. The molecule has 136 valence electrons. The molecule has 2 N–H and O–H groups in total. The summed E-state index contributed by atoms with van der Waals surface area (Å²) in [6.07, 6.45) is 2.19. The van der Waals surface area contributed by atoms with E-state index in [9.17, 15) is 4.79 Å². The van der Waals surface area contributed by atoms with Crippen molar-refractivity contribution in [1.82, 2.24) is 15.5 Å². The van der Waals surface area contributed by atoms with Crippen molar-refractivity contribution in [1.29, 1.82) is 0 Å². The monoisotopic (exact) mass is 440 g/mol. The average Bonchev–Trinajstić information content (AvgIpc) is 2.92. The third-order valence-corrected chi connectivity index (χ3v) is 3.62. The summed E-state index contributed by atoms with van der Waals surface area (Å²) < 4.78 is 5.51. The third kappa shape index (κ3) is 8.74. The lowest BCUT2D eigenvalue weighted by atomic mass is 10.2. The number of carbonyl (C=O) groups is 1. The lowest BCUT2D eigenvalue weighted by molar-refractivity contribution is -0.133. The molecule has 0 aromatic carbocycles. The minimum atomic E-state index is 0. The first-order valence-corrected chi connectivity index (χ1v) is 8.31. The SMILES string of the molecule is CN=C(NCCCOC(C)C)NC1CCN(C(=O)C(C)C)C1.I. The van der Waals surface area contributed by atoms with Crippen molar-refractivity contribution in [3.05, 3.63) is 0 Å². The molecular weight excluding hydrogens is 407 g/mol. The zero-order chi connectivity index (χ0) is 16.5. The van der Waals surface area contributed by atoms with Crippen molar-refractivity contribution >= 4 is 35.8 Å². The van der Waals surface area contributed by atoms with Crippen molar-refractivity contribution in [2.75, 3.05) is 33.3 Å². The predicted molar refractivity (Wildman–Crippen MR) is 105 cm³/mol. The van der Waals surface area contributed by atoms with Gasteiger partial charge in [-0.1, -0.05) is 13.8 Å². The van der Waals surface area contributed by atoms with E-state index in [-0.39, 0.29) is 47.9 Å². The van der Waals surface area contributed by atoms with Crippen LogP contribution in [0.4, 0.5) is 0 Å². The molecule has 6 nitrogen and oxygen atoms in total. The fraction of sp³-hybridized carbons (Fsp3) is 0.875. The van der Waals surface area contributed by atoms with Crippen molar-refractivity contribution in [3.63, 3.8) is 0 Å². The van der Waals surface area contributed by atoms with Crippen molar-refractivity contribution in [2.45, 2.75) is 52.7 Å².